The number of aliphatic hydroxyl groups excluding tert-OH is 1. The quantitative estimate of drug-likeness (QED) is 0.856. The molecule has 0 aromatic heterocycles. The molecule has 1 aromatic carbocycles. The van der Waals surface area contributed by atoms with E-state index in [1.165, 1.54) is 13.0 Å². The maximum absolute atomic E-state index is 12.6. The smallest absolute Gasteiger partial charge is 0.393 e. The zero-order chi connectivity index (χ0) is 13.1. The third-order valence-corrected chi connectivity index (χ3v) is 2.43. The summed E-state index contributed by atoms with van der Waals surface area (Å²) >= 11 is 0. The van der Waals surface area contributed by atoms with Crippen molar-refractivity contribution >= 4 is 5.69 Å². The highest BCUT2D eigenvalue weighted by Gasteiger charge is 2.32. The van der Waals surface area contributed by atoms with E-state index in [1.807, 2.05) is 0 Å². The fraction of sp³-hybridized carbons (Fsp3) is 0.500. The number of anilines is 1. The van der Waals surface area contributed by atoms with Gasteiger partial charge >= 0.3 is 6.18 Å². The summed E-state index contributed by atoms with van der Waals surface area (Å²) in [7, 11) is 0. The van der Waals surface area contributed by atoms with Gasteiger partial charge in [-0.3, -0.25) is 0 Å². The van der Waals surface area contributed by atoms with E-state index < -0.39 is 17.8 Å². The molecular weight excluding hydrogens is 231 g/mol. The molecule has 1 aromatic rings. The molecule has 2 nitrogen and oxygen atoms in total. The van der Waals surface area contributed by atoms with Crippen LogP contribution in [0.3, 0.4) is 0 Å². The standard InChI is InChI=1S/C12H16F3NO/c1-8-3-4-10(16-6-5-9(2)17)7-11(8)12(13,14)15/h3-4,7,9,16-17H,5-6H2,1-2H3. The van der Waals surface area contributed by atoms with Gasteiger partial charge in [-0.2, -0.15) is 13.2 Å². The number of rotatable bonds is 4. The molecule has 5 heteroatoms. The van der Waals surface area contributed by atoms with Crippen LogP contribution >= 0.6 is 0 Å². The minimum absolute atomic E-state index is 0.207. The normalized spacial score (nSPS) is 13.5. The average molecular weight is 247 g/mol. The summed E-state index contributed by atoms with van der Waals surface area (Å²) in [5.41, 5.74) is 0.00157. The minimum atomic E-state index is -4.33. The predicted octanol–water partition coefficient (Wildman–Crippen LogP) is 3.20. The van der Waals surface area contributed by atoms with Gasteiger partial charge in [0.05, 0.1) is 11.7 Å². The van der Waals surface area contributed by atoms with Crippen LogP contribution in [-0.4, -0.2) is 17.8 Å². The van der Waals surface area contributed by atoms with Gasteiger partial charge in [0.2, 0.25) is 0 Å². The molecule has 2 N–H and O–H groups in total. The molecule has 0 bridgehead atoms. The van der Waals surface area contributed by atoms with E-state index in [0.717, 1.165) is 6.07 Å². The van der Waals surface area contributed by atoms with E-state index in [0.29, 0.717) is 18.7 Å². The Morgan fingerprint density at radius 2 is 2.00 bits per heavy atom. The molecule has 0 aliphatic rings. The van der Waals surface area contributed by atoms with Gasteiger partial charge in [0.1, 0.15) is 0 Å². The van der Waals surface area contributed by atoms with Gasteiger partial charge in [-0.1, -0.05) is 6.07 Å². The summed E-state index contributed by atoms with van der Waals surface area (Å²) in [6.45, 7) is 3.51. The van der Waals surface area contributed by atoms with Crippen molar-refractivity contribution in [3.8, 4) is 0 Å². The second kappa shape index (κ2) is 5.40. The maximum atomic E-state index is 12.6. The van der Waals surface area contributed by atoms with Crippen LogP contribution in [0.2, 0.25) is 0 Å². The fourth-order valence-corrected chi connectivity index (χ4v) is 1.46. The zero-order valence-electron chi connectivity index (χ0n) is 9.80. The monoisotopic (exact) mass is 247 g/mol. The maximum Gasteiger partial charge on any atom is 0.416 e. The van der Waals surface area contributed by atoms with Gasteiger partial charge in [0, 0.05) is 12.2 Å². The zero-order valence-corrected chi connectivity index (χ0v) is 9.80. The van der Waals surface area contributed by atoms with Crippen molar-refractivity contribution in [2.45, 2.75) is 32.5 Å². The summed E-state index contributed by atoms with van der Waals surface area (Å²) in [6, 6.07) is 4.14. The van der Waals surface area contributed by atoms with Gasteiger partial charge in [-0.05, 0) is 38.0 Å². The first-order valence-electron chi connectivity index (χ1n) is 5.40. The molecule has 96 valence electrons. The first kappa shape index (κ1) is 13.8. The van der Waals surface area contributed by atoms with E-state index in [9.17, 15) is 13.2 Å². The molecule has 0 heterocycles. The summed E-state index contributed by atoms with van der Waals surface area (Å²) in [5.74, 6) is 0. The Kier molecular flexibility index (Phi) is 4.40. The Labute approximate surface area is 98.5 Å². The lowest BCUT2D eigenvalue weighted by Gasteiger charge is -2.13. The third-order valence-electron chi connectivity index (χ3n) is 2.43. The summed E-state index contributed by atoms with van der Waals surface area (Å²) in [4.78, 5) is 0. The number of aliphatic hydroxyl groups is 1. The Hall–Kier alpha value is -1.23. The van der Waals surface area contributed by atoms with Crippen LogP contribution in [-0.2, 0) is 6.18 Å². The molecule has 0 saturated heterocycles. The lowest BCUT2D eigenvalue weighted by molar-refractivity contribution is -0.138. The van der Waals surface area contributed by atoms with Crippen LogP contribution in [0.5, 0.6) is 0 Å². The third kappa shape index (κ3) is 4.26. The molecular formula is C12H16F3NO. The minimum Gasteiger partial charge on any atom is -0.393 e. The molecule has 1 unspecified atom stereocenters. The van der Waals surface area contributed by atoms with E-state index in [4.69, 9.17) is 5.11 Å². The van der Waals surface area contributed by atoms with E-state index in [1.54, 1.807) is 13.0 Å². The number of benzene rings is 1. The second-order valence-corrected chi connectivity index (χ2v) is 4.09. The van der Waals surface area contributed by atoms with E-state index >= 15 is 0 Å². The predicted molar refractivity (Wildman–Crippen MR) is 61.0 cm³/mol. The van der Waals surface area contributed by atoms with E-state index in [-0.39, 0.29) is 5.56 Å². The number of hydrogen-bond donors (Lipinski definition) is 2. The van der Waals surface area contributed by atoms with Gasteiger partial charge in [0.15, 0.2) is 0 Å². The Morgan fingerprint density at radius 3 is 2.53 bits per heavy atom. The van der Waals surface area contributed by atoms with Gasteiger partial charge in [-0.25, -0.2) is 0 Å². The van der Waals surface area contributed by atoms with Crippen molar-refractivity contribution < 1.29 is 18.3 Å². The Bertz CT molecular complexity index is 375. The molecule has 1 rings (SSSR count). The van der Waals surface area contributed by atoms with Crippen LogP contribution < -0.4 is 5.32 Å². The van der Waals surface area contributed by atoms with Crippen LogP contribution in [0.4, 0.5) is 18.9 Å². The topological polar surface area (TPSA) is 32.3 Å². The summed E-state index contributed by atoms with van der Waals surface area (Å²) in [6.07, 6.45) is -4.30. The first-order valence-corrected chi connectivity index (χ1v) is 5.40. The average Bonchev–Trinajstić information content (AvgIpc) is 2.18. The summed E-state index contributed by atoms with van der Waals surface area (Å²) < 4.78 is 37.8. The SMILES string of the molecule is Cc1ccc(NCCC(C)O)cc1C(F)(F)F. The molecule has 0 fully saturated rings. The van der Waals surface area contributed by atoms with Crippen LogP contribution in [0.1, 0.15) is 24.5 Å². The van der Waals surface area contributed by atoms with Crippen LogP contribution in [0.25, 0.3) is 0 Å². The van der Waals surface area contributed by atoms with Crippen molar-refractivity contribution in [3.63, 3.8) is 0 Å². The molecule has 17 heavy (non-hydrogen) atoms. The number of halogens is 3. The van der Waals surface area contributed by atoms with Crippen molar-refractivity contribution in [1.29, 1.82) is 0 Å². The number of hydrogen-bond acceptors (Lipinski definition) is 2. The Morgan fingerprint density at radius 1 is 1.35 bits per heavy atom. The van der Waals surface area contributed by atoms with Crippen molar-refractivity contribution in [2.24, 2.45) is 0 Å². The van der Waals surface area contributed by atoms with E-state index in [2.05, 4.69) is 5.32 Å². The van der Waals surface area contributed by atoms with Crippen molar-refractivity contribution in [2.75, 3.05) is 11.9 Å². The van der Waals surface area contributed by atoms with Gasteiger partial charge in [0.25, 0.3) is 0 Å². The van der Waals surface area contributed by atoms with Crippen molar-refractivity contribution in [3.05, 3.63) is 29.3 Å². The van der Waals surface area contributed by atoms with Crippen LogP contribution in [0.15, 0.2) is 18.2 Å². The second-order valence-electron chi connectivity index (χ2n) is 4.09. The molecule has 0 spiro atoms. The highest BCUT2D eigenvalue weighted by molar-refractivity contribution is 5.49. The molecule has 0 aliphatic heterocycles. The van der Waals surface area contributed by atoms with Gasteiger partial charge in [-0.15, -0.1) is 0 Å². The fourth-order valence-electron chi connectivity index (χ4n) is 1.46. The highest BCUT2D eigenvalue weighted by Crippen LogP contribution is 2.33. The number of aryl methyl sites for hydroxylation is 1. The molecule has 0 radical (unpaired) electrons. The largest absolute Gasteiger partial charge is 0.416 e. The lowest BCUT2D eigenvalue weighted by Crippen LogP contribution is -2.12. The number of alkyl halides is 3. The first-order chi connectivity index (χ1) is 7.80. The van der Waals surface area contributed by atoms with Gasteiger partial charge < -0.3 is 10.4 Å². The lowest BCUT2D eigenvalue weighted by atomic mass is 10.1. The Balaban J connectivity index is 2.76. The number of nitrogens with one attached hydrogen (secondary N) is 1. The molecule has 0 amide bonds. The van der Waals surface area contributed by atoms with Crippen LogP contribution in [0, 0.1) is 6.92 Å². The highest BCUT2D eigenvalue weighted by atomic mass is 19.4. The summed E-state index contributed by atoms with van der Waals surface area (Å²) in [5, 5.41) is 11.9. The molecule has 0 aliphatic carbocycles. The molecule has 1 atom stereocenters. The van der Waals surface area contributed by atoms with Crippen molar-refractivity contribution in [1.82, 2.24) is 0 Å². The molecule has 0 saturated carbocycles.